The van der Waals surface area contributed by atoms with Crippen LogP contribution in [0.5, 0.6) is 5.75 Å². The van der Waals surface area contributed by atoms with E-state index in [-0.39, 0.29) is 75.2 Å². The van der Waals surface area contributed by atoms with Crippen molar-refractivity contribution in [1.29, 1.82) is 0 Å². The number of β-amino-alcohol motifs (C(OH)–C–C–N with tert-alkyl or cyclic N) is 1. The first-order valence-corrected chi connectivity index (χ1v) is 30.3. The number of aliphatic hydroxyl groups excluding tert-OH is 2. The molecule has 2 aromatic carbocycles. The molecule has 11 amide bonds. The number of aromatic nitrogens is 1. The molecule has 3 fully saturated rings. The number of hydrogen-bond acceptors (Lipinski definition) is 15. The van der Waals surface area contributed by atoms with E-state index in [4.69, 9.17) is 17.2 Å². The van der Waals surface area contributed by atoms with E-state index in [1.807, 2.05) is 24.3 Å². The van der Waals surface area contributed by atoms with Crippen LogP contribution < -0.4 is 65.1 Å². The maximum atomic E-state index is 14.3. The van der Waals surface area contributed by atoms with Crippen molar-refractivity contribution in [3.63, 3.8) is 0 Å². The summed E-state index contributed by atoms with van der Waals surface area (Å²) in [5.74, 6) is -9.36. The third kappa shape index (κ3) is 21.2. The smallest absolute Gasteiger partial charge is 0.246 e. The van der Waals surface area contributed by atoms with E-state index < -0.39 is 138 Å². The highest BCUT2D eigenvalue weighted by molar-refractivity contribution is 5.99. The molecule has 486 valence electrons. The van der Waals surface area contributed by atoms with Crippen molar-refractivity contribution in [2.24, 2.45) is 34.0 Å². The van der Waals surface area contributed by atoms with Crippen LogP contribution in [-0.2, 0) is 65.6 Å². The van der Waals surface area contributed by atoms with Gasteiger partial charge in [-0.2, -0.15) is 0 Å². The Bertz CT molecular complexity index is 3020. The molecule has 89 heavy (non-hydrogen) atoms. The molecule has 2 saturated carbocycles. The molecule has 1 saturated heterocycles. The molecule has 29 heteroatoms. The van der Waals surface area contributed by atoms with Crippen LogP contribution >= 0.6 is 0 Å². The fourth-order valence-corrected chi connectivity index (χ4v) is 11.4. The normalized spacial score (nSPS) is 18.8. The van der Waals surface area contributed by atoms with Crippen molar-refractivity contribution in [2.45, 2.75) is 177 Å². The van der Waals surface area contributed by atoms with Crippen LogP contribution in [-0.4, -0.2) is 183 Å². The molecule has 0 radical (unpaired) electrons. The van der Waals surface area contributed by atoms with Crippen molar-refractivity contribution in [1.82, 2.24) is 57.7 Å². The maximum absolute atomic E-state index is 14.3. The number of primary amides is 2. The summed E-state index contributed by atoms with van der Waals surface area (Å²) >= 11 is 0. The Morgan fingerprint density at radius 3 is 1.92 bits per heavy atom. The molecule has 2 heterocycles. The zero-order valence-electron chi connectivity index (χ0n) is 50.5. The first kappa shape index (κ1) is 69.2. The number of hydrogen-bond donors (Lipinski definition) is 16. The van der Waals surface area contributed by atoms with Crippen molar-refractivity contribution < 1.29 is 68.1 Å². The summed E-state index contributed by atoms with van der Waals surface area (Å²) in [6.07, 6.45) is 4.83. The van der Waals surface area contributed by atoms with Gasteiger partial charge in [0, 0.05) is 63.4 Å². The predicted octanol–water partition coefficient (Wildman–Crippen LogP) is -2.63. The second kappa shape index (κ2) is 33.5. The Balaban J connectivity index is 1.12. The van der Waals surface area contributed by atoms with Gasteiger partial charge in [0.15, 0.2) is 5.96 Å². The van der Waals surface area contributed by atoms with E-state index in [2.05, 4.69) is 57.8 Å². The molecule has 3 aromatic rings. The number of nitrogens with zero attached hydrogens (tertiary/aromatic N) is 2. The number of phenols is 1. The highest BCUT2D eigenvalue weighted by Gasteiger charge is 2.43. The van der Waals surface area contributed by atoms with Gasteiger partial charge in [0.25, 0.3) is 0 Å². The lowest BCUT2D eigenvalue weighted by Crippen LogP contribution is -2.61. The minimum absolute atomic E-state index is 0.0391. The lowest BCUT2D eigenvalue weighted by molar-refractivity contribution is -0.142. The maximum Gasteiger partial charge on any atom is 0.246 e. The van der Waals surface area contributed by atoms with Gasteiger partial charge in [-0.05, 0) is 73.8 Å². The van der Waals surface area contributed by atoms with Crippen molar-refractivity contribution in [3.05, 3.63) is 65.9 Å². The summed E-state index contributed by atoms with van der Waals surface area (Å²) in [5.41, 5.74) is 19.2. The third-order valence-corrected chi connectivity index (χ3v) is 16.4. The van der Waals surface area contributed by atoms with E-state index in [9.17, 15) is 68.1 Å². The Labute approximate surface area is 515 Å². The number of rotatable bonds is 32. The highest BCUT2D eigenvalue weighted by Crippen LogP contribution is 2.31. The molecule has 3 aliphatic rings. The summed E-state index contributed by atoms with van der Waals surface area (Å²) in [6.45, 7) is 1.60. The average molecular weight is 1240 g/mol. The number of fused-ring (bicyclic) bond motifs is 1. The van der Waals surface area contributed by atoms with Crippen LogP contribution in [0.1, 0.15) is 115 Å². The minimum Gasteiger partial charge on any atom is -0.508 e. The average Bonchev–Trinajstić information content (AvgIpc) is 1.88. The van der Waals surface area contributed by atoms with Crippen molar-refractivity contribution in [2.75, 3.05) is 26.7 Å². The number of amides is 11. The third-order valence-electron chi connectivity index (χ3n) is 16.4. The van der Waals surface area contributed by atoms with Crippen LogP contribution in [0.3, 0.4) is 0 Å². The Morgan fingerprint density at radius 1 is 0.685 bits per heavy atom. The monoisotopic (exact) mass is 1240 g/mol. The lowest BCUT2D eigenvalue weighted by Gasteiger charge is -2.31. The molecule has 29 nitrogen and oxygen atoms in total. The number of aromatic amines is 1. The molecule has 6 rings (SSSR count). The van der Waals surface area contributed by atoms with E-state index >= 15 is 0 Å². The molecule has 0 spiro atoms. The van der Waals surface area contributed by atoms with Crippen molar-refractivity contribution >= 4 is 81.8 Å². The van der Waals surface area contributed by atoms with E-state index in [0.29, 0.717) is 24.8 Å². The van der Waals surface area contributed by atoms with Crippen LogP contribution in [0, 0.1) is 11.8 Å². The second-order valence-corrected chi connectivity index (χ2v) is 23.4. The largest absolute Gasteiger partial charge is 0.508 e. The number of H-pyrrole nitrogens is 1. The standard InChI is InChI=1S/C60H87N15O14/c1-32(76)51(74-56(86)46(28-49(61)80)72-57(87)48-27-39(79)31-75(48)59(89)47(68-33(2)77)25-36-18-20-38(78)21-19-36)58(88)73-44(23-34-11-5-4-6-12-34)53(83)67-30-50(81)69-45(24-35-13-9-14-35)55(85)70-42(17-10-22-65-60(63)64-3)54(84)71-43(52(62)82)26-37-29-66-41-16-8-7-15-40(37)41/h7-8,15-16,18-21,29,32,34-35,39,42-48,51,66,76,78-79H,4-6,9-14,17,22-28,30-31H2,1-3H3,(H2,61,80)(H2,62,82)(H,67,83)(H,68,77)(H,69,81)(H,70,85)(H,71,84)(H,72,87)(H,73,88)(H,74,86)(H3,63,64,65)/t32-,39-,42+,43+,44+,45+,46+,47-,48+,51+/m1/s1. The van der Waals surface area contributed by atoms with Crippen LogP contribution in [0.15, 0.2) is 59.7 Å². The summed E-state index contributed by atoms with van der Waals surface area (Å²) < 4.78 is 0. The molecule has 0 bridgehead atoms. The van der Waals surface area contributed by atoms with Crippen LogP contribution in [0.4, 0.5) is 0 Å². The summed E-state index contributed by atoms with van der Waals surface area (Å²) in [7, 11) is 1.50. The fourth-order valence-electron chi connectivity index (χ4n) is 11.4. The Morgan fingerprint density at radius 2 is 1.30 bits per heavy atom. The van der Waals surface area contributed by atoms with Gasteiger partial charge >= 0.3 is 0 Å². The van der Waals surface area contributed by atoms with Crippen LogP contribution in [0.2, 0.25) is 0 Å². The number of benzene rings is 2. The molecule has 2 aliphatic carbocycles. The van der Waals surface area contributed by atoms with E-state index in [1.165, 1.54) is 45.2 Å². The van der Waals surface area contributed by atoms with Gasteiger partial charge < -0.3 is 90.3 Å². The molecular formula is C60H87N15O14. The first-order valence-electron chi connectivity index (χ1n) is 30.3. The quantitative estimate of drug-likeness (QED) is 0.0173. The zero-order chi connectivity index (χ0) is 64.9. The molecular weight excluding hydrogens is 1150 g/mol. The summed E-state index contributed by atoms with van der Waals surface area (Å²) in [5, 5.41) is 55.8. The summed E-state index contributed by atoms with van der Waals surface area (Å²) in [6, 6.07) is 2.04. The first-order chi connectivity index (χ1) is 42.4. The Hall–Kier alpha value is -8.86. The molecule has 19 N–H and O–H groups in total. The van der Waals surface area contributed by atoms with Gasteiger partial charge in [-0.25, -0.2) is 0 Å². The molecule has 1 aromatic heterocycles. The highest BCUT2D eigenvalue weighted by atomic mass is 16.3. The number of guanidine groups is 1. The van der Waals surface area contributed by atoms with Gasteiger partial charge in [0.2, 0.25) is 65.0 Å². The lowest BCUT2D eigenvalue weighted by atomic mass is 9.80. The number of aliphatic imine (C=N–C) groups is 1. The number of nitrogens with two attached hydrogens (primary N) is 3. The number of carbonyl (C=O) groups is 11. The summed E-state index contributed by atoms with van der Waals surface area (Å²) in [4.78, 5) is 158. The van der Waals surface area contributed by atoms with E-state index in [1.54, 1.807) is 6.20 Å². The number of phenolic OH excluding ortho intramolecular Hbond substituents is 1. The number of likely N-dealkylation sites (tertiary alicyclic amines) is 1. The predicted molar refractivity (Wildman–Crippen MR) is 325 cm³/mol. The molecule has 0 unspecified atom stereocenters. The van der Waals surface area contributed by atoms with Crippen molar-refractivity contribution in [3.8, 4) is 5.75 Å². The molecule has 1 aliphatic heterocycles. The fraction of sp³-hybridized carbons (Fsp3) is 0.567. The number of nitrogens with one attached hydrogen (secondary N) is 10. The number of aromatic hydroxyl groups is 1. The number of carbonyl (C=O) groups excluding carboxylic acids is 11. The zero-order valence-corrected chi connectivity index (χ0v) is 50.5. The van der Waals surface area contributed by atoms with Gasteiger partial charge in [0.05, 0.1) is 25.2 Å². The topological polar surface area (TPSA) is 466 Å². The molecule has 10 atom stereocenters. The second-order valence-electron chi connectivity index (χ2n) is 23.4. The Kier molecular flexibility index (Phi) is 26.0. The van der Waals surface area contributed by atoms with E-state index in [0.717, 1.165) is 59.9 Å². The van der Waals surface area contributed by atoms with Crippen LogP contribution in [0.25, 0.3) is 10.9 Å². The SMILES string of the molecule is CN=C(N)NCCC[C@H](NC(=O)[C@H](CC1CCC1)NC(=O)CNC(=O)[C@H](CC1CCCCC1)NC(=O)[C@@H](NC(=O)[C@H](CC(N)=O)NC(=O)[C@@H]1C[C@@H](O)CN1C(=O)[C@@H](Cc1ccc(O)cc1)NC(C)=O)[C@@H](C)O)C(=O)N[C@@H](Cc1c[nH]c2ccccc12)C(N)=O. The minimum atomic E-state index is -1.82. The van der Waals surface area contributed by atoms with Gasteiger partial charge in [-0.1, -0.05) is 81.7 Å². The van der Waals surface area contributed by atoms with Gasteiger partial charge in [-0.3, -0.25) is 57.7 Å². The number of para-hydroxylation sites is 1. The van der Waals surface area contributed by atoms with Gasteiger partial charge in [0.1, 0.15) is 54.1 Å². The number of aliphatic hydroxyl groups is 2. The van der Waals surface area contributed by atoms with Gasteiger partial charge in [-0.15, -0.1) is 0 Å².